The van der Waals surface area contributed by atoms with Crippen molar-refractivity contribution in [1.82, 2.24) is 26.2 Å². The van der Waals surface area contributed by atoms with Crippen LogP contribution in [0.2, 0.25) is 0 Å². The van der Waals surface area contributed by atoms with Crippen LogP contribution in [0.1, 0.15) is 76.1 Å². The van der Waals surface area contributed by atoms with Gasteiger partial charge in [-0.2, -0.15) is 0 Å². The van der Waals surface area contributed by atoms with Crippen molar-refractivity contribution in [2.24, 2.45) is 17.1 Å². The number of nitrogens with zero attached hydrogens (tertiary/aromatic N) is 1. The van der Waals surface area contributed by atoms with Crippen molar-refractivity contribution in [3.63, 3.8) is 0 Å². The van der Waals surface area contributed by atoms with Crippen LogP contribution in [0.5, 0.6) is 0 Å². The molecule has 1 aromatic rings. The molecule has 1 aromatic carbocycles. The molecule has 1 aliphatic heterocycles. The second kappa shape index (κ2) is 13.0. The molecule has 4 unspecified atom stereocenters. The van der Waals surface area contributed by atoms with E-state index in [0.29, 0.717) is 18.4 Å². The summed E-state index contributed by atoms with van der Waals surface area (Å²) in [5.74, 6) is -3.31. The maximum atomic E-state index is 13.9. The Balaban J connectivity index is 1.45. The lowest BCUT2D eigenvalue weighted by molar-refractivity contribution is -0.143. The standard InChI is InChI=1S/C30H42N6O6/c1-30(2,3)24(34-29(42)33-21(17-11-7-12-17)22(37)18-9-5-4-6-10-18)28(41)36-16-8-13-20(36)27(40)35-26(23(38)25(31)39)32-19-14-15-19/h4-6,9-10,17,19-21,24,26,32H,7-8,11-16H2,1-3H3,(H2,31,39)(H,35,40)(H2,33,34,42). The predicted molar refractivity (Wildman–Crippen MR) is 154 cm³/mol. The fraction of sp³-hybridized carbons (Fsp3) is 0.600. The van der Waals surface area contributed by atoms with Crippen molar-refractivity contribution in [2.75, 3.05) is 6.54 Å². The minimum Gasteiger partial charge on any atom is -0.363 e. The highest BCUT2D eigenvalue weighted by molar-refractivity contribution is 6.37. The van der Waals surface area contributed by atoms with Crippen LogP contribution in [0.15, 0.2) is 30.3 Å². The van der Waals surface area contributed by atoms with Gasteiger partial charge in [-0.15, -0.1) is 0 Å². The molecule has 5 amide bonds. The first-order chi connectivity index (χ1) is 19.9. The van der Waals surface area contributed by atoms with Gasteiger partial charge in [0.15, 0.2) is 5.78 Å². The molecular weight excluding hydrogens is 540 g/mol. The number of hydrogen-bond acceptors (Lipinski definition) is 7. The smallest absolute Gasteiger partial charge is 0.316 e. The molecule has 2 aliphatic carbocycles. The van der Waals surface area contributed by atoms with Gasteiger partial charge in [0.25, 0.3) is 11.7 Å². The molecule has 12 nitrogen and oxygen atoms in total. The second-order valence-corrected chi connectivity index (χ2v) is 12.6. The molecular formula is C30H42N6O6. The van der Waals surface area contributed by atoms with Crippen molar-refractivity contribution in [3.8, 4) is 0 Å². The molecule has 0 radical (unpaired) electrons. The Hall–Kier alpha value is -3.80. The van der Waals surface area contributed by atoms with Crippen LogP contribution in [0.25, 0.3) is 0 Å². The van der Waals surface area contributed by atoms with Gasteiger partial charge >= 0.3 is 6.03 Å². The third-order valence-electron chi connectivity index (χ3n) is 8.25. The molecule has 1 heterocycles. The molecule has 4 atom stereocenters. The summed E-state index contributed by atoms with van der Waals surface area (Å²) in [6.45, 7) is 5.70. The maximum Gasteiger partial charge on any atom is 0.316 e. The van der Waals surface area contributed by atoms with Gasteiger partial charge in [0.2, 0.25) is 11.8 Å². The molecule has 4 rings (SSSR count). The number of hydrogen-bond donors (Lipinski definition) is 5. The van der Waals surface area contributed by atoms with Crippen LogP contribution in [0.4, 0.5) is 4.79 Å². The number of carbonyl (C=O) groups excluding carboxylic acids is 6. The summed E-state index contributed by atoms with van der Waals surface area (Å²) in [5, 5.41) is 11.1. The number of carbonyl (C=O) groups is 6. The highest BCUT2D eigenvalue weighted by Gasteiger charge is 2.44. The number of benzene rings is 1. The Morgan fingerprint density at radius 3 is 2.10 bits per heavy atom. The van der Waals surface area contributed by atoms with E-state index in [9.17, 15) is 28.8 Å². The molecule has 0 aromatic heterocycles. The molecule has 1 saturated heterocycles. The Morgan fingerprint density at radius 1 is 0.881 bits per heavy atom. The van der Waals surface area contributed by atoms with Crippen molar-refractivity contribution >= 4 is 35.3 Å². The number of ketones is 2. The summed E-state index contributed by atoms with van der Waals surface area (Å²) in [6.07, 6.45) is 3.89. The third-order valence-corrected chi connectivity index (χ3v) is 8.25. The van der Waals surface area contributed by atoms with Crippen LogP contribution >= 0.6 is 0 Å². The molecule has 3 fully saturated rings. The first-order valence-electron chi connectivity index (χ1n) is 14.7. The number of rotatable bonds is 12. The third kappa shape index (κ3) is 7.53. The predicted octanol–water partition coefficient (Wildman–Crippen LogP) is 0.992. The number of nitrogens with two attached hydrogens (primary N) is 1. The highest BCUT2D eigenvalue weighted by Crippen LogP contribution is 2.31. The Bertz CT molecular complexity index is 1210. The average molecular weight is 583 g/mol. The fourth-order valence-corrected chi connectivity index (χ4v) is 5.43. The van der Waals surface area contributed by atoms with Gasteiger partial charge in [-0.05, 0) is 49.9 Å². The SMILES string of the molecule is CC(C)(C)C(NC(=O)NC(C(=O)c1ccccc1)C1CCC1)C(=O)N1CCCC1C(=O)NC(NC1CC1)C(=O)C(N)=O. The summed E-state index contributed by atoms with van der Waals surface area (Å²) in [5.41, 5.74) is 4.95. The topological polar surface area (TPSA) is 180 Å². The molecule has 0 bridgehead atoms. The van der Waals surface area contributed by atoms with Crippen LogP contribution < -0.4 is 27.0 Å². The van der Waals surface area contributed by atoms with Gasteiger partial charge in [0.05, 0.1) is 6.04 Å². The van der Waals surface area contributed by atoms with E-state index in [1.54, 1.807) is 45.0 Å². The monoisotopic (exact) mass is 582 g/mol. The summed E-state index contributed by atoms with van der Waals surface area (Å²) in [7, 11) is 0. The van der Waals surface area contributed by atoms with E-state index in [4.69, 9.17) is 5.73 Å². The number of urea groups is 1. The lowest BCUT2D eigenvalue weighted by Crippen LogP contribution is -2.62. The average Bonchev–Trinajstić information content (AvgIpc) is 3.59. The number of nitrogens with one attached hydrogen (secondary N) is 4. The van der Waals surface area contributed by atoms with Gasteiger partial charge < -0.3 is 26.6 Å². The van der Waals surface area contributed by atoms with Gasteiger partial charge in [-0.25, -0.2) is 4.79 Å². The molecule has 2 saturated carbocycles. The fourth-order valence-electron chi connectivity index (χ4n) is 5.43. The van der Waals surface area contributed by atoms with E-state index in [1.807, 2.05) is 6.07 Å². The zero-order valence-electron chi connectivity index (χ0n) is 24.5. The van der Waals surface area contributed by atoms with E-state index in [-0.39, 0.29) is 24.3 Å². The van der Waals surface area contributed by atoms with E-state index in [1.165, 1.54) is 4.90 Å². The molecule has 3 aliphatic rings. The molecule has 228 valence electrons. The first-order valence-corrected chi connectivity index (χ1v) is 14.7. The minimum absolute atomic E-state index is 0.00503. The van der Waals surface area contributed by atoms with E-state index in [2.05, 4.69) is 21.3 Å². The van der Waals surface area contributed by atoms with Crippen LogP contribution in [-0.4, -0.2) is 77.1 Å². The molecule has 6 N–H and O–H groups in total. The zero-order valence-corrected chi connectivity index (χ0v) is 24.5. The van der Waals surface area contributed by atoms with Gasteiger partial charge in [0, 0.05) is 18.2 Å². The lowest BCUT2D eigenvalue weighted by Gasteiger charge is -2.37. The largest absolute Gasteiger partial charge is 0.363 e. The van der Waals surface area contributed by atoms with Gasteiger partial charge in [-0.3, -0.25) is 29.3 Å². The molecule has 0 spiro atoms. The quantitative estimate of drug-likeness (QED) is 0.138. The number of amides is 5. The molecule has 12 heteroatoms. The minimum atomic E-state index is -1.27. The van der Waals surface area contributed by atoms with E-state index >= 15 is 0 Å². The van der Waals surface area contributed by atoms with Gasteiger partial charge in [0.1, 0.15) is 18.2 Å². The van der Waals surface area contributed by atoms with Crippen molar-refractivity contribution in [2.45, 2.75) is 96.1 Å². The molecule has 42 heavy (non-hydrogen) atoms. The van der Waals surface area contributed by atoms with Crippen molar-refractivity contribution < 1.29 is 28.8 Å². The normalized spacial score (nSPS) is 20.9. The summed E-state index contributed by atoms with van der Waals surface area (Å²) in [4.78, 5) is 79.0. The van der Waals surface area contributed by atoms with E-state index in [0.717, 1.165) is 32.1 Å². The van der Waals surface area contributed by atoms with Crippen LogP contribution in [0, 0.1) is 11.3 Å². The summed E-state index contributed by atoms with van der Waals surface area (Å²) >= 11 is 0. The Kier molecular flexibility index (Phi) is 9.65. The Morgan fingerprint density at radius 2 is 1.55 bits per heavy atom. The second-order valence-electron chi connectivity index (χ2n) is 12.6. The van der Waals surface area contributed by atoms with Gasteiger partial charge in [-0.1, -0.05) is 57.5 Å². The first kappa shape index (κ1) is 31.1. The van der Waals surface area contributed by atoms with Crippen LogP contribution in [-0.2, 0) is 19.2 Å². The summed E-state index contributed by atoms with van der Waals surface area (Å²) in [6, 6.07) is 5.56. The number of likely N-dealkylation sites (tertiary alicyclic amines) is 1. The van der Waals surface area contributed by atoms with Crippen molar-refractivity contribution in [1.29, 1.82) is 0 Å². The van der Waals surface area contributed by atoms with Crippen molar-refractivity contribution in [3.05, 3.63) is 35.9 Å². The summed E-state index contributed by atoms with van der Waals surface area (Å²) < 4.78 is 0. The maximum absolute atomic E-state index is 13.9. The zero-order chi connectivity index (χ0) is 30.6. The number of primary amides is 1. The highest BCUT2D eigenvalue weighted by atomic mass is 16.2. The Labute approximate surface area is 245 Å². The van der Waals surface area contributed by atoms with Crippen LogP contribution in [0.3, 0.4) is 0 Å². The number of Topliss-reactive ketones (excluding diaryl/α,β-unsaturated/α-hetero) is 2. The van der Waals surface area contributed by atoms with E-state index < -0.39 is 59.2 Å². The lowest BCUT2D eigenvalue weighted by atomic mass is 9.77.